The van der Waals surface area contributed by atoms with Gasteiger partial charge in [-0.2, -0.15) is 4.31 Å². The Balaban J connectivity index is 2.25. The Kier molecular flexibility index (Phi) is 6.01. The van der Waals surface area contributed by atoms with Gasteiger partial charge in [-0.25, -0.2) is 8.42 Å². The second kappa shape index (κ2) is 7.63. The van der Waals surface area contributed by atoms with Crippen molar-refractivity contribution in [3.8, 4) is 0 Å². The van der Waals surface area contributed by atoms with Crippen LogP contribution >= 0.6 is 0 Å². The molecule has 0 aliphatic carbocycles. The van der Waals surface area contributed by atoms with Crippen LogP contribution in [0.3, 0.4) is 0 Å². The van der Waals surface area contributed by atoms with E-state index in [4.69, 9.17) is 5.11 Å². The summed E-state index contributed by atoms with van der Waals surface area (Å²) in [6.45, 7) is 6.25. The van der Waals surface area contributed by atoms with Crippen LogP contribution in [0.4, 0.5) is 0 Å². The van der Waals surface area contributed by atoms with E-state index < -0.39 is 10.0 Å². The molecular weight excluding hydrogens is 328 g/mol. The molecule has 134 valence electrons. The van der Waals surface area contributed by atoms with Gasteiger partial charge in [0.25, 0.3) is 0 Å². The van der Waals surface area contributed by atoms with Crippen LogP contribution in [0.1, 0.15) is 29.5 Å². The third-order valence-electron chi connectivity index (χ3n) is 4.37. The normalized spacial score (nSPS) is 19.2. The first-order chi connectivity index (χ1) is 11.3. The van der Waals surface area contributed by atoms with Gasteiger partial charge < -0.3 is 10.4 Å². The maximum absolute atomic E-state index is 13.1. The van der Waals surface area contributed by atoms with Gasteiger partial charge in [-0.1, -0.05) is 17.7 Å². The van der Waals surface area contributed by atoms with Crippen molar-refractivity contribution in [2.75, 3.05) is 26.2 Å². The minimum atomic E-state index is -3.62. The summed E-state index contributed by atoms with van der Waals surface area (Å²) in [4.78, 5) is 12.5. The van der Waals surface area contributed by atoms with Crippen molar-refractivity contribution in [3.05, 3.63) is 28.8 Å². The molecule has 1 atom stereocenters. The molecular formula is C17H26N2O4S. The molecule has 1 heterocycles. The average Bonchev–Trinajstić information content (AvgIpc) is 2.51. The van der Waals surface area contributed by atoms with Crippen LogP contribution in [0.25, 0.3) is 0 Å². The lowest BCUT2D eigenvalue weighted by molar-refractivity contribution is -0.126. The van der Waals surface area contributed by atoms with Crippen molar-refractivity contribution >= 4 is 15.9 Å². The van der Waals surface area contributed by atoms with Crippen molar-refractivity contribution in [1.82, 2.24) is 9.62 Å². The number of aryl methyl sites for hydroxylation is 3. The maximum Gasteiger partial charge on any atom is 0.243 e. The lowest BCUT2D eigenvalue weighted by Gasteiger charge is -2.32. The smallest absolute Gasteiger partial charge is 0.243 e. The van der Waals surface area contributed by atoms with E-state index >= 15 is 0 Å². The molecule has 0 saturated carbocycles. The molecule has 0 unspecified atom stereocenters. The maximum atomic E-state index is 13.1. The molecule has 6 nitrogen and oxygen atoms in total. The van der Waals surface area contributed by atoms with Crippen molar-refractivity contribution in [3.63, 3.8) is 0 Å². The number of hydrogen-bond donors (Lipinski definition) is 2. The van der Waals surface area contributed by atoms with Gasteiger partial charge in [-0.05, 0) is 44.7 Å². The van der Waals surface area contributed by atoms with E-state index in [9.17, 15) is 13.2 Å². The van der Waals surface area contributed by atoms with Gasteiger partial charge in [0.2, 0.25) is 15.9 Å². The lowest BCUT2D eigenvalue weighted by Crippen LogP contribution is -2.46. The molecule has 0 spiro atoms. The first-order valence-electron chi connectivity index (χ1n) is 8.24. The van der Waals surface area contributed by atoms with Crippen molar-refractivity contribution in [2.45, 2.75) is 38.5 Å². The molecule has 1 aliphatic rings. The number of aliphatic hydroxyl groups excluding tert-OH is 1. The van der Waals surface area contributed by atoms with Crippen molar-refractivity contribution in [2.24, 2.45) is 5.92 Å². The fourth-order valence-corrected chi connectivity index (χ4v) is 5.34. The second-order valence-electron chi connectivity index (χ2n) is 6.44. The summed E-state index contributed by atoms with van der Waals surface area (Å²) in [5.74, 6) is -0.563. The number of hydrogen-bond acceptors (Lipinski definition) is 4. The third kappa shape index (κ3) is 3.96. The topological polar surface area (TPSA) is 86.7 Å². The molecule has 7 heteroatoms. The van der Waals surface area contributed by atoms with Crippen LogP contribution in [-0.2, 0) is 14.8 Å². The number of sulfonamides is 1. The zero-order valence-electron chi connectivity index (χ0n) is 14.5. The molecule has 0 radical (unpaired) electrons. The standard InChI is InChI=1S/C17H26N2O4S/c1-12-9-13(2)16(14(3)10-12)24(22,23)19-7-4-5-15(11-19)17(21)18-6-8-20/h9-10,15,20H,4-8,11H2,1-3H3,(H,18,21)/t15-/m1/s1. The predicted molar refractivity (Wildman–Crippen MR) is 92.2 cm³/mol. The molecule has 1 saturated heterocycles. The Morgan fingerprint density at radius 2 is 1.92 bits per heavy atom. The molecule has 1 aliphatic heterocycles. The minimum absolute atomic E-state index is 0.123. The van der Waals surface area contributed by atoms with E-state index in [1.54, 1.807) is 0 Å². The van der Waals surface area contributed by atoms with E-state index in [0.29, 0.717) is 24.3 Å². The fourth-order valence-electron chi connectivity index (χ4n) is 3.40. The molecule has 0 aromatic heterocycles. The van der Waals surface area contributed by atoms with E-state index in [2.05, 4.69) is 5.32 Å². The van der Waals surface area contributed by atoms with E-state index in [0.717, 1.165) is 16.7 Å². The molecule has 2 rings (SSSR count). The van der Waals surface area contributed by atoms with Crippen LogP contribution in [0.15, 0.2) is 17.0 Å². The van der Waals surface area contributed by atoms with Crippen molar-refractivity contribution in [1.29, 1.82) is 0 Å². The fraction of sp³-hybridized carbons (Fsp3) is 0.588. The zero-order valence-corrected chi connectivity index (χ0v) is 15.3. The second-order valence-corrected chi connectivity index (χ2v) is 8.32. The molecule has 1 aromatic carbocycles. The summed E-state index contributed by atoms with van der Waals surface area (Å²) in [6.07, 6.45) is 1.32. The van der Waals surface area contributed by atoms with Crippen LogP contribution in [0.5, 0.6) is 0 Å². The summed E-state index contributed by atoms with van der Waals surface area (Å²) in [5.41, 5.74) is 2.50. The van der Waals surface area contributed by atoms with Crippen LogP contribution in [-0.4, -0.2) is 50.0 Å². The van der Waals surface area contributed by atoms with Gasteiger partial charge in [-0.15, -0.1) is 0 Å². The summed E-state index contributed by atoms with van der Waals surface area (Å²) >= 11 is 0. The van der Waals surface area contributed by atoms with Gasteiger partial charge in [-0.3, -0.25) is 4.79 Å². The quantitative estimate of drug-likeness (QED) is 0.830. The number of nitrogens with zero attached hydrogens (tertiary/aromatic N) is 1. The monoisotopic (exact) mass is 354 g/mol. The van der Waals surface area contributed by atoms with Crippen LogP contribution < -0.4 is 5.32 Å². The summed E-state index contributed by atoms with van der Waals surface area (Å²) in [5, 5.41) is 11.4. The number of piperidine rings is 1. The Morgan fingerprint density at radius 3 is 2.50 bits per heavy atom. The van der Waals surface area contributed by atoms with Crippen LogP contribution in [0, 0.1) is 26.7 Å². The highest BCUT2D eigenvalue weighted by molar-refractivity contribution is 7.89. The molecule has 24 heavy (non-hydrogen) atoms. The Hall–Kier alpha value is -1.44. The van der Waals surface area contributed by atoms with Gasteiger partial charge in [0.05, 0.1) is 17.4 Å². The first kappa shape index (κ1) is 18.9. The minimum Gasteiger partial charge on any atom is -0.395 e. The number of benzene rings is 1. The largest absolute Gasteiger partial charge is 0.395 e. The Labute approximate surface area is 143 Å². The van der Waals surface area contributed by atoms with E-state index in [-0.39, 0.29) is 31.5 Å². The SMILES string of the molecule is Cc1cc(C)c(S(=O)(=O)N2CCC[C@@H](C(=O)NCCO)C2)c(C)c1. The number of nitrogens with one attached hydrogen (secondary N) is 1. The molecule has 1 amide bonds. The van der Waals surface area contributed by atoms with Gasteiger partial charge in [0.1, 0.15) is 0 Å². The van der Waals surface area contributed by atoms with E-state index in [1.807, 2.05) is 32.9 Å². The predicted octanol–water partition coefficient (Wildman–Crippen LogP) is 1.12. The van der Waals surface area contributed by atoms with Gasteiger partial charge in [0.15, 0.2) is 0 Å². The Bertz CT molecular complexity index is 692. The number of rotatable bonds is 5. The molecule has 1 fully saturated rings. The third-order valence-corrected chi connectivity index (χ3v) is 6.54. The first-order valence-corrected chi connectivity index (χ1v) is 9.68. The molecule has 1 aromatic rings. The van der Waals surface area contributed by atoms with Crippen molar-refractivity contribution < 1.29 is 18.3 Å². The zero-order chi connectivity index (χ0) is 17.9. The number of carbonyl (C=O) groups is 1. The lowest BCUT2D eigenvalue weighted by atomic mass is 9.99. The van der Waals surface area contributed by atoms with Gasteiger partial charge in [0, 0.05) is 19.6 Å². The summed E-state index contributed by atoms with van der Waals surface area (Å²) in [7, 11) is -3.62. The highest BCUT2D eigenvalue weighted by Crippen LogP contribution is 2.28. The number of amides is 1. The molecule has 2 N–H and O–H groups in total. The van der Waals surface area contributed by atoms with Crippen LogP contribution in [0.2, 0.25) is 0 Å². The summed E-state index contributed by atoms with van der Waals surface area (Å²) < 4.78 is 27.6. The number of aliphatic hydroxyl groups is 1. The Morgan fingerprint density at radius 1 is 1.29 bits per heavy atom. The van der Waals surface area contributed by atoms with Gasteiger partial charge >= 0.3 is 0 Å². The number of carbonyl (C=O) groups excluding carboxylic acids is 1. The highest BCUT2D eigenvalue weighted by atomic mass is 32.2. The molecule has 0 bridgehead atoms. The average molecular weight is 354 g/mol. The highest BCUT2D eigenvalue weighted by Gasteiger charge is 2.34. The van der Waals surface area contributed by atoms with E-state index in [1.165, 1.54) is 4.31 Å². The summed E-state index contributed by atoms with van der Waals surface area (Å²) in [6, 6.07) is 3.74.